The second-order valence-corrected chi connectivity index (χ2v) is 9.52. The highest BCUT2D eigenvalue weighted by molar-refractivity contribution is 7.89. The average molecular weight is 395 g/mol. The Morgan fingerprint density at radius 3 is 1.70 bits per heavy atom. The zero-order chi connectivity index (χ0) is 20.5. The first kappa shape index (κ1) is 21.9. The maximum Gasteiger partial charge on any atom is 0.243 e. The van der Waals surface area contributed by atoms with E-state index in [1.807, 2.05) is 53.4 Å². The van der Waals surface area contributed by atoms with E-state index in [0.29, 0.717) is 43.9 Å². The van der Waals surface area contributed by atoms with Gasteiger partial charge < -0.3 is 4.90 Å². The van der Waals surface area contributed by atoms with E-state index < -0.39 is 10.0 Å². The van der Waals surface area contributed by atoms with Crippen LogP contribution in [-0.4, -0.2) is 49.7 Å². The zero-order valence-electron chi connectivity index (χ0n) is 17.8. The molecule has 1 aromatic carbocycles. The highest BCUT2D eigenvalue weighted by Gasteiger charge is 2.35. The van der Waals surface area contributed by atoms with Gasteiger partial charge in [0, 0.05) is 32.1 Å². The Bertz CT molecular complexity index is 789. The minimum Gasteiger partial charge on any atom is -0.343 e. The molecule has 0 spiro atoms. The maximum atomic E-state index is 13.4. The quantitative estimate of drug-likeness (QED) is 0.768. The summed E-state index contributed by atoms with van der Waals surface area (Å²) in [6, 6.07) is 0. The molecule has 0 unspecified atom stereocenters. The van der Waals surface area contributed by atoms with Gasteiger partial charge in [-0.3, -0.25) is 4.79 Å². The monoisotopic (exact) mass is 394 g/mol. The second kappa shape index (κ2) is 8.31. The fraction of sp³-hybridized carbons (Fsp3) is 0.667. The van der Waals surface area contributed by atoms with Crippen LogP contribution in [0, 0.1) is 40.5 Å². The minimum absolute atomic E-state index is 0.0694. The van der Waals surface area contributed by atoms with Crippen LogP contribution in [0.25, 0.3) is 0 Å². The van der Waals surface area contributed by atoms with Gasteiger partial charge in [-0.15, -0.1) is 0 Å². The molecule has 27 heavy (non-hydrogen) atoms. The van der Waals surface area contributed by atoms with Crippen molar-refractivity contribution >= 4 is 15.9 Å². The van der Waals surface area contributed by atoms with Crippen molar-refractivity contribution in [2.24, 2.45) is 5.92 Å². The van der Waals surface area contributed by atoms with Gasteiger partial charge >= 0.3 is 0 Å². The summed E-state index contributed by atoms with van der Waals surface area (Å²) in [6.07, 6.45) is 1.19. The molecule has 1 fully saturated rings. The summed E-state index contributed by atoms with van der Waals surface area (Å²) < 4.78 is 28.4. The fourth-order valence-electron chi connectivity index (χ4n) is 4.12. The summed E-state index contributed by atoms with van der Waals surface area (Å²) in [6.45, 7) is 16.0. The molecule has 0 N–H and O–H groups in total. The van der Waals surface area contributed by atoms with Gasteiger partial charge in [0.25, 0.3) is 0 Å². The van der Waals surface area contributed by atoms with E-state index in [1.54, 1.807) is 4.31 Å². The molecule has 1 heterocycles. The largest absolute Gasteiger partial charge is 0.343 e. The summed E-state index contributed by atoms with van der Waals surface area (Å²) in [5.41, 5.74) is 4.94. The molecule has 0 aliphatic carbocycles. The van der Waals surface area contributed by atoms with Crippen LogP contribution in [0.4, 0.5) is 0 Å². The van der Waals surface area contributed by atoms with Crippen LogP contribution in [-0.2, 0) is 14.8 Å². The number of benzene rings is 1. The number of nitrogens with zero attached hydrogens (tertiary/aromatic N) is 2. The van der Waals surface area contributed by atoms with Gasteiger partial charge in [0.05, 0.1) is 4.90 Å². The van der Waals surface area contributed by atoms with Crippen molar-refractivity contribution in [3.05, 3.63) is 27.8 Å². The SMILES string of the molecule is CCN(CC)C(=O)C1CCN(S(=O)(=O)c2c(C)c(C)c(C)c(C)c2C)CC1. The Morgan fingerprint density at radius 2 is 1.30 bits per heavy atom. The van der Waals surface area contributed by atoms with Gasteiger partial charge in [0.1, 0.15) is 0 Å². The Morgan fingerprint density at radius 1 is 0.889 bits per heavy atom. The number of piperidine rings is 1. The minimum atomic E-state index is -3.56. The Labute approximate surface area is 164 Å². The van der Waals surface area contributed by atoms with Gasteiger partial charge in [-0.2, -0.15) is 4.31 Å². The summed E-state index contributed by atoms with van der Waals surface area (Å²) in [4.78, 5) is 14.9. The van der Waals surface area contributed by atoms with E-state index in [9.17, 15) is 13.2 Å². The molecule has 5 nitrogen and oxygen atoms in total. The predicted molar refractivity (Wildman–Crippen MR) is 110 cm³/mol. The van der Waals surface area contributed by atoms with Crippen LogP contribution in [0.15, 0.2) is 4.90 Å². The zero-order valence-corrected chi connectivity index (χ0v) is 18.7. The van der Waals surface area contributed by atoms with Crippen LogP contribution < -0.4 is 0 Å². The number of carbonyl (C=O) groups is 1. The molecule has 1 aromatic rings. The van der Waals surface area contributed by atoms with E-state index >= 15 is 0 Å². The summed E-state index contributed by atoms with van der Waals surface area (Å²) in [5, 5.41) is 0. The first-order valence-corrected chi connectivity index (χ1v) is 11.4. The molecule has 1 amide bonds. The van der Waals surface area contributed by atoms with Crippen LogP contribution in [0.5, 0.6) is 0 Å². The fourth-order valence-corrected chi connectivity index (χ4v) is 6.15. The van der Waals surface area contributed by atoms with Crippen molar-refractivity contribution in [3.63, 3.8) is 0 Å². The topological polar surface area (TPSA) is 57.7 Å². The predicted octanol–water partition coefficient (Wildman–Crippen LogP) is 3.50. The van der Waals surface area contributed by atoms with E-state index in [0.717, 1.165) is 27.8 Å². The van der Waals surface area contributed by atoms with Gasteiger partial charge in [-0.1, -0.05) is 0 Å². The van der Waals surface area contributed by atoms with Gasteiger partial charge in [0.2, 0.25) is 15.9 Å². The van der Waals surface area contributed by atoms with Crippen molar-refractivity contribution < 1.29 is 13.2 Å². The molecular formula is C21H34N2O3S. The van der Waals surface area contributed by atoms with Crippen molar-refractivity contribution in [1.29, 1.82) is 0 Å². The number of carbonyl (C=O) groups excluding carboxylic acids is 1. The Kier molecular flexibility index (Phi) is 6.74. The van der Waals surface area contributed by atoms with Crippen LogP contribution in [0.3, 0.4) is 0 Å². The molecular weight excluding hydrogens is 360 g/mol. The van der Waals surface area contributed by atoms with Gasteiger partial charge in [0.15, 0.2) is 0 Å². The Balaban J connectivity index is 2.28. The molecule has 6 heteroatoms. The maximum absolute atomic E-state index is 13.4. The smallest absolute Gasteiger partial charge is 0.243 e. The first-order valence-electron chi connectivity index (χ1n) is 9.93. The highest BCUT2D eigenvalue weighted by Crippen LogP contribution is 2.33. The van der Waals surface area contributed by atoms with Crippen molar-refractivity contribution in [2.45, 2.75) is 66.2 Å². The number of amides is 1. The van der Waals surface area contributed by atoms with Crippen LogP contribution in [0.1, 0.15) is 54.5 Å². The van der Waals surface area contributed by atoms with E-state index in [1.165, 1.54) is 0 Å². The molecule has 0 radical (unpaired) electrons. The number of rotatable bonds is 5. The van der Waals surface area contributed by atoms with Gasteiger partial charge in [-0.05, 0) is 89.1 Å². The highest BCUT2D eigenvalue weighted by atomic mass is 32.2. The lowest BCUT2D eigenvalue weighted by Crippen LogP contribution is -2.44. The van der Waals surface area contributed by atoms with Crippen LogP contribution in [0.2, 0.25) is 0 Å². The molecule has 1 saturated heterocycles. The van der Waals surface area contributed by atoms with Crippen molar-refractivity contribution in [2.75, 3.05) is 26.2 Å². The standard InChI is InChI=1S/C21H34N2O3S/c1-8-22(9-2)21(24)19-10-12-23(13-11-19)27(25,26)20-17(6)15(4)14(3)16(5)18(20)7/h19H,8-13H2,1-7H3. The molecule has 1 aliphatic rings. The number of hydrogen-bond acceptors (Lipinski definition) is 3. The summed E-state index contributed by atoms with van der Waals surface area (Å²) in [5.74, 6) is 0.0893. The molecule has 152 valence electrons. The summed E-state index contributed by atoms with van der Waals surface area (Å²) in [7, 11) is -3.56. The first-order chi connectivity index (χ1) is 12.6. The van der Waals surface area contributed by atoms with Gasteiger partial charge in [-0.25, -0.2) is 8.42 Å². The molecule has 2 rings (SSSR count). The third-order valence-electron chi connectivity index (χ3n) is 6.41. The van der Waals surface area contributed by atoms with E-state index in [2.05, 4.69) is 0 Å². The lowest BCUT2D eigenvalue weighted by atomic mass is 9.95. The Hall–Kier alpha value is -1.40. The average Bonchev–Trinajstić information content (AvgIpc) is 2.65. The molecule has 1 aliphatic heterocycles. The van der Waals surface area contributed by atoms with E-state index in [4.69, 9.17) is 0 Å². The summed E-state index contributed by atoms with van der Waals surface area (Å²) >= 11 is 0. The number of sulfonamides is 1. The van der Waals surface area contributed by atoms with Crippen LogP contribution >= 0.6 is 0 Å². The molecule has 0 aromatic heterocycles. The van der Waals surface area contributed by atoms with E-state index in [-0.39, 0.29) is 11.8 Å². The lowest BCUT2D eigenvalue weighted by Gasteiger charge is -2.34. The molecule has 0 saturated carbocycles. The normalized spacial score (nSPS) is 16.6. The lowest BCUT2D eigenvalue weighted by molar-refractivity contribution is -0.136. The van der Waals surface area contributed by atoms with Crippen molar-refractivity contribution in [1.82, 2.24) is 9.21 Å². The molecule has 0 bridgehead atoms. The third kappa shape index (κ3) is 3.92. The number of hydrogen-bond donors (Lipinski definition) is 0. The second-order valence-electron chi connectivity index (χ2n) is 7.64. The molecule has 0 atom stereocenters. The van der Waals surface area contributed by atoms with Crippen molar-refractivity contribution in [3.8, 4) is 0 Å². The third-order valence-corrected chi connectivity index (χ3v) is 8.58.